The van der Waals surface area contributed by atoms with E-state index in [1.165, 1.54) is 0 Å². The summed E-state index contributed by atoms with van der Waals surface area (Å²) in [6.07, 6.45) is 5.23. The third kappa shape index (κ3) is 3.62. The van der Waals surface area contributed by atoms with Gasteiger partial charge < -0.3 is 4.74 Å². The molecule has 0 bridgehead atoms. The molecular weight excluding hydrogens is 330 g/mol. The molecule has 2 aromatic heterocycles. The summed E-state index contributed by atoms with van der Waals surface area (Å²) >= 11 is 6.37. The maximum atomic E-state index is 6.37. The van der Waals surface area contributed by atoms with Gasteiger partial charge in [-0.25, -0.2) is 9.36 Å². The van der Waals surface area contributed by atoms with Crippen LogP contribution in [0.15, 0.2) is 30.7 Å². The maximum absolute atomic E-state index is 6.37. The quantitative estimate of drug-likeness (QED) is 0.504. The van der Waals surface area contributed by atoms with Crippen LogP contribution in [0.25, 0.3) is 16.6 Å². The van der Waals surface area contributed by atoms with Crippen molar-refractivity contribution in [3.63, 3.8) is 0 Å². The summed E-state index contributed by atoms with van der Waals surface area (Å²) < 4.78 is 9.29. The Morgan fingerprint density at radius 3 is 2.78 bits per heavy atom. The van der Waals surface area contributed by atoms with E-state index in [9.17, 15) is 0 Å². The summed E-state index contributed by atoms with van der Waals surface area (Å²) in [5.41, 5.74) is 1.75. The number of hydrogen-bond donors (Lipinski definition) is 0. The molecule has 0 N–H and O–H groups in total. The molecule has 0 amide bonds. The van der Waals surface area contributed by atoms with E-state index in [1.54, 1.807) is 28.0 Å². The second-order valence-electron chi connectivity index (χ2n) is 6.67. The van der Waals surface area contributed by atoms with Crippen LogP contribution in [0, 0.1) is 0 Å². The van der Waals surface area contributed by atoms with Gasteiger partial charge in [-0.3, -0.25) is 0 Å². The topological polar surface area (TPSA) is 57.8 Å². The predicted octanol–water partition coefficient (Wildman–Crippen LogP) is 3.58. The third-order valence-corrected chi connectivity index (χ3v) is 5.62. The van der Waals surface area contributed by atoms with E-state index >= 15 is 0 Å². The number of fused-ring (bicyclic) bond motifs is 1. The second-order valence-corrected chi connectivity index (χ2v) is 12.7. The lowest BCUT2D eigenvalue weighted by Gasteiger charge is -2.15. The lowest BCUT2D eigenvalue weighted by molar-refractivity contribution is 0.0817. The molecule has 2 heterocycles. The normalized spacial score (nSPS) is 12.2. The Bertz CT molecular complexity index is 794. The van der Waals surface area contributed by atoms with Gasteiger partial charge in [-0.15, -0.1) is 5.10 Å². The lowest BCUT2D eigenvalue weighted by Crippen LogP contribution is -2.22. The molecule has 0 spiro atoms. The zero-order valence-corrected chi connectivity index (χ0v) is 15.3. The highest BCUT2D eigenvalue weighted by Crippen LogP contribution is 2.28. The van der Waals surface area contributed by atoms with E-state index < -0.39 is 8.07 Å². The van der Waals surface area contributed by atoms with Crippen LogP contribution in [0.4, 0.5) is 0 Å². The number of halogens is 1. The fourth-order valence-electron chi connectivity index (χ4n) is 2.31. The number of benzene rings is 1. The summed E-state index contributed by atoms with van der Waals surface area (Å²) in [6, 6.07) is 4.89. The molecule has 8 heteroatoms. The lowest BCUT2D eigenvalue weighted by atomic mass is 10.2. The van der Waals surface area contributed by atoms with E-state index in [2.05, 4.69) is 35.1 Å². The van der Waals surface area contributed by atoms with Crippen molar-refractivity contribution in [1.82, 2.24) is 24.8 Å². The molecule has 3 rings (SSSR count). The molecule has 0 unspecified atom stereocenters. The van der Waals surface area contributed by atoms with Gasteiger partial charge in [0.2, 0.25) is 0 Å². The summed E-state index contributed by atoms with van der Waals surface area (Å²) in [5.74, 6) is 0. The maximum Gasteiger partial charge on any atom is 0.140 e. The summed E-state index contributed by atoms with van der Waals surface area (Å²) in [6.45, 7) is 8.15. The number of hydrogen-bond acceptors (Lipinski definition) is 4. The summed E-state index contributed by atoms with van der Waals surface area (Å²) in [4.78, 5) is 0. The highest BCUT2D eigenvalue weighted by atomic mass is 35.5. The van der Waals surface area contributed by atoms with Crippen LogP contribution in [0.1, 0.15) is 0 Å². The van der Waals surface area contributed by atoms with Crippen molar-refractivity contribution in [2.24, 2.45) is 0 Å². The van der Waals surface area contributed by atoms with E-state index in [0.29, 0.717) is 11.8 Å². The highest BCUT2D eigenvalue weighted by molar-refractivity contribution is 6.76. The molecule has 0 aliphatic heterocycles. The molecule has 122 valence electrons. The Hall–Kier alpha value is -1.70. The number of ether oxygens (including phenoxy) is 1. The van der Waals surface area contributed by atoms with Gasteiger partial charge in [0.1, 0.15) is 6.73 Å². The average molecular weight is 350 g/mol. The van der Waals surface area contributed by atoms with Crippen LogP contribution < -0.4 is 0 Å². The van der Waals surface area contributed by atoms with Crippen molar-refractivity contribution in [2.75, 3.05) is 6.61 Å². The van der Waals surface area contributed by atoms with Crippen LogP contribution in [-0.2, 0) is 11.5 Å². The van der Waals surface area contributed by atoms with Gasteiger partial charge in [0, 0.05) is 20.1 Å². The van der Waals surface area contributed by atoms with Gasteiger partial charge in [-0.2, -0.15) is 5.10 Å². The Morgan fingerprint density at radius 2 is 2.09 bits per heavy atom. The molecule has 3 aromatic rings. The molecule has 0 aliphatic carbocycles. The van der Waals surface area contributed by atoms with E-state index in [1.807, 2.05) is 12.1 Å². The molecular formula is C15H20ClN5OSi. The standard InChI is InChI=1S/C15H20ClN5OSi/c1-23(2,3)9-8-22-11-21-15-12(10-18-21)14(5-4-13(15)16)20-7-6-17-19-20/h4-7,10H,8-9,11H2,1-3H3. The minimum atomic E-state index is -1.09. The fourth-order valence-corrected chi connectivity index (χ4v) is 3.33. The summed E-state index contributed by atoms with van der Waals surface area (Å²) in [5, 5.41) is 13.9. The van der Waals surface area contributed by atoms with Gasteiger partial charge in [0.05, 0.1) is 34.8 Å². The molecule has 23 heavy (non-hydrogen) atoms. The van der Waals surface area contributed by atoms with Crippen molar-refractivity contribution in [2.45, 2.75) is 32.4 Å². The number of aromatic nitrogens is 5. The van der Waals surface area contributed by atoms with Crippen molar-refractivity contribution < 1.29 is 4.74 Å². The molecule has 6 nitrogen and oxygen atoms in total. The van der Waals surface area contributed by atoms with Crippen molar-refractivity contribution in [3.05, 3.63) is 35.7 Å². The van der Waals surface area contributed by atoms with Crippen LogP contribution in [0.3, 0.4) is 0 Å². The van der Waals surface area contributed by atoms with Gasteiger partial charge in [-0.1, -0.05) is 36.5 Å². The van der Waals surface area contributed by atoms with Gasteiger partial charge in [-0.05, 0) is 18.2 Å². The Labute approximate surface area is 141 Å². The number of nitrogens with zero attached hydrogens (tertiary/aromatic N) is 5. The Morgan fingerprint density at radius 1 is 1.26 bits per heavy atom. The first-order chi connectivity index (χ1) is 11.0. The molecule has 0 fully saturated rings. The Balaban J connectivity index is 1.84. The van der Waals surface area contributed by atoms with Crippen molar-refractivity contribution in [1.29, 1.82) is 0 Å². The van der Waals surface area contributed by atoms with E-state index in [0.717, 1.165) is 29.2 Å². The molecule has 0 saturated heterocycles. The van der Waals surface area contributed by atoms with Crippen molar-refractivity contribution >= 4 is 30.6 Å². The first-order valence-corrected chi connectivity index (χ1v) is 11.6. The minimum absolute atomic E-state index is 0.397. The zero-order valence-electron chi connectivity index (χ0n) is 13.5. The first-order valence-electron chi connectivity index (χ1n) is 7.54. The molecule has 0 radical (unpaired) electrons. The highest BCUT2D eigenvalue weighted by Gasteiger charge is 2.14. The van der Waals surface area contributed by atoms with E-state index in [4.69, 9.17) is 16.3 Å². The van der Waals surface area contributed by atoms with Crippen LogP contribution >= 0.6 is 11.6 Å². The minimum Gasteiger partial charge on any atom is -0.360 e. The average Bonchev–Trinajstić information content (AvgIpc) is 3.13. The third-order valence-electron chi connectivity index (χ3n) is 3.61. The molecule has 0 aliphatic rings. The molecule has 0 atom stereocenters. The SMILES string of the molecule is C[Si](C)(C)CCOCn1ncc2c(-n3ccnn3)ccc(Cl)c21. The van der Waals surface area contributed by atoms with Crippen molar-refractivity contribution in [3.8, 4) is 5.69 Å². The zero-order chi connectivity index (χ0) is 16.4. The predicted molar refractivity (Wildman–Crippen MR) is 93.8 cm³/mol. The molecule has 1 aromatic carbocycles. The van der Waals surface area contributed by atoms with Gasteiger partial charge in [0.15, 0.2) is 0 Å². The Kier molecular flexibility index (Phi) is 4.52. The summed E-state index contributed by atoms with van der Waals surface area (Å²) in [7, 11) is -1.09. The van der Waals surface area contributed by atoms with E-state index in [-0.39, 0.29) is 0 Å². The molecule has 0 saturated carbocycles. The van der Waals surface area contributed by atoms with Crippen LogP contribution in [0.2, 0.25) is 30.7 Å². The van der Waals surface area contributed by atoms with Crippen LogP contribution in [0.5, 0.6) is 0 Å². The second kappa shape index (κ2) is 6.43. The monoisotopic (exact) mass is 349 g/mol. The van der Waals surface area contributed by atoms with Crippen LogP contribution in [-0.4, -0.2) is 39.5 Å². The largest absolute Gasteiger partial charge is 0.360 e. The fraction of sp³-hybridized carbons (Fsp3) is 0.400. The van der Waals surface area contributed by atoms with Gasteiger partial charge in [0.25, 0.3) is 0 Å². The smallest absolute Gasteiger partial charge is 0.140 e. The van der Waals surface area contributed by atoms with Gasteiger partial charge >= 0.3 is 0 Å². The number of rotatable bonds is 6. The first kappa shape index (κ1) is 16.2.